The smallest absolute Gasteiger partial charge is 0.195 e. The molecule has 0 bridgehead atoms. The van der Waals surface area contributed by atoms with Crippen LogP contribution < -0.4 is 9.80 Å². The minimum absolute atomic E-state index is 0.0389. The summed E-state index contributed by atoms with van der Waals surface area (Å²) in [6, 6.07) is 23.7. The lowest BCUT2D eigenvalue weighted by Crippen LogP contribution is -2.21. The Bertz CT molecular complexity index is 900. The quantitative estimate of drug-likeness (QED) is 0.626. The molecule has 0 atom stereocenters. The molecule has 3 rings (SSSR count). The van der Waals surface area contributed by atoms with Crippen molar-refractivity contribution in [3.8, 4) is 11.1 Å². The lowest BCUT2D eigenvalue weighted by Gasteiger charge is -2.28. The largest absolute Gasteiger partial charge is 0.375 e. The second-order valence-electron chi connectivity index (χ2n) is 6.71. The number of benzene rings is 3. The summed E-state index contributed by atoms with van der Waals surface area (Å²) < 4.78 is 0. The van der Waals surface area contributed by atoms with Crippen molar-refractivity contribution in [2.24, 2.45) is 0 Å². The molecule has 0 aliphatic rings. The highest BCUT2D eigenvalue weighted by atomic mass is 16.1. The highest BCUT2D eigenvalue weighted by Crippen LogP contribution is 2.40. The normalized spacial score (nSPS) is 10.5. The van der Waals surface area contributed by atoms with Gasteiger partial charge >= 0.3 is 0 Å². The molecule has 0 amide bonds. The number of hydrogen-bond donors (Lipinski definition) is 0. The predicted molar refractivity (Wildman–Crippen MR) is 110 cm³/mol. The molecule has 0 unspecified atom stereocenters. The standard InChI is InChI=1S/C23H24N2O/c1-24(2)21-19(17-11-7-5-8-12-17)15-16-20(22(21)25(3)4)23(26)18-13-9-6-10-14-18/h5-16H,1-4H3. The fourth-order valence-electron chi connectivity index (χ4n) is 3.26. The molecule has 0 saturated carbocycles. The van der Waals surface area contributed by atoms with Crippen LogP contribution in [-0.4, -0.2) is 34.0 Å². The fourth-order valence-corrected chi connectivity index (χ4v) is 3.26. The van der Waals surface area contributed by atoms with Crippen LogP contribution in [0.2, 0.25) is 0 Å². The Labute approximate surface area is 155 Å². The summed E-state index contributed by atoms with van der Waals surface area (Å²) in [6.45, 7) is 0. The summed E-state index contributed by atoms with van der Waals surface area (Å²) in [5.74, 6) is 0.0389. The van der Waals surface area contributed by atoms with E-state index in [0.29, 0.717) is 11.1 Å². The van der Waals surface area contributed by atoms with E-state index in [2.05, 4.69) is 17.0 Å². The van der Waals surface area contributed by atoms with Crippen LogP contribution in [0.25, 0.3) is 11.1 Å². The van der Waals surface area contributed by atoms with Crippen LogP contribution in [0.3, 0.4) is 0 Å². The topological polar surface area (TPSA) is 23.6 Å². The van der Waals surface area contributed by atoms with Crippen LogP contribution in [0, 0.1) is 0 Å². The maximum atomic E-state index is 13.1. The molecule has 3 aromatic rings. The molecular formula is C23H24N2O. The maximum Gasteiger partial charge on any atom is 0.195 e. The molecule has 0 saturated heterocycles. The second-order valence-corrected chi connectivity index (χ2v) is 6.71. The van der Waals surface area contributed by atoms with Gasteiger partial charge in [-0.1, -0.05) is 66.7 Å². The molecule has 0 N–H and O–H groups in total. The molecule has 0 aromatic heterocycles. The molecular weight excluding hydrogens is 320 g/mol. The third-order valence-corrected chi connectivity index (χ3v) is 4.41. The van der Waals surface area contributed by atoms with E-state index in [1.807, 2.05) is 93.8 Å². The summed E-state index contributed by atoms with van der Waals surface area (Å²) in [6.07, 6.45) is 0. The molecule has 3 heteroatoms. The summed E-state index contributed by atoms with van der Waals surface area (Å²) in [5, 5.41) is 0. The van der Waals surface area contributed by atoms with Gasteiger partial charge in [-0.05, 0) is 11.6 Å². The molecule has 26 heavy (non-hydrogen) atoms. The number of carbonyl (C=O) groups excluding carboxylic acids is 1. The summed E-state index contributed by atoms with van der Waals surface area (Å²) in [7, 11) is 8.01. The third kappa shape index (κ3) is 3.33. The Kier molecular flexibility index (Phi) is 5.08. The van der Waals surface area contributed by atoms with Crippen molar-refractivity contribution in [1.82, 2.24) is 0 Å². The average Bonchev–Trinajstić information content (AvgIpc) is 2.67. The van der Waals surface area contributed by atoms with E-state index >= 15 is 0 Å². The summed E-state index contributed by atoms with van der Waals surface area (Å²) in [4.78, 5) is 17.3. The fraction of sp³-hybridized carbons (Fsp3) is 0.174. The van der Waals surface area contributed by atoms with E-state index in [4.69, 9.17) is 0 Å². The van der Waals surface area contributed by atoms with Crippen molar-refractivity contribution in [2.45, 2.75) is 0 Å². The highest BCUT2D eigenvalue weighted by Gasteiger charge is 2.22. The van der Waals surface area contributed by atoms with Crippen molar-refractivity contribution in [3.63, 3.8) is 0 Å². The van der Waals surface area contributed by atoms with Gasteiger partial charge in [-0.25, -0.2) is 0 Å². The van der Waals surface area contributed by atoms with E-state index < -0.39 is 0 Å². The van der Waals surface area contributed by atoms with Gasteiger partial charge in [0, 0.05) is 44.9 Å². The Morgan fingerprint density at radius 1 is 0.654 bits per heavy atom. The van der Waals surface area contributed by atoms with E-state index in [0.717, 1.165) is 22.5 Å². The second kappa shape index (κ2) is 7.44. The number of carbonyl (C=O) groups is 1. The Morgan fingerprint density at radius 3 is 1.73 bits per heavy atom. The lowest BCUT2D eigenvalue weighted by molar-refractivity contribution is 0.103. The first-order valence-electron chi connectivity index (χ1n) is 8.67. The number of rotatable bonds is 5. The first-order valence-corrected chi connectivity index (χ1v) is 8.67. The van der Waals surface area contributed by atoms with E-state index in [1.165, 1.54) is 0 Å². The summed E-state index contributed by atoms with van der Waals surface area (Å²) in [5.41, 5.74) is 5.65. The molecule has 3 nitrogen and oxygen atoms in total. The van der Waals surface area contributed by atoms with Crippen molar-refractivity contribution >= 4 is 17.2 Å². The highest BCUT2D eigenvalue weighted by molar-refractivity contribution is 6.15. The molecule has 3 aromatic carbocycles. The Balaban J connectivity index is 2.25. The van der Waals surface area contributed by atoms with Gasteiger partial charge in [0.25, 0.3) is 0 Å². The molecule has 0 aliphatic carbocycles. The number of hydrogen-bond acceptors (Lipinski definition) is 3. The average molecular weight is 344 g/mol. The molecule has 0 radical (unpaired) electrons. The molecule has 0 heterocycles. The van der Waals surface area contributed by atoms with Gasteiger partial charge in [-0.2, -0.15) is 0 Å². The van der Waals surface area contributed by atoms with Crippen LogP contribution in [0.4, 0.5) is 11.4 Å². The van der Waals surface area contributed by atoms with Crippen LogP contribution >= 0.6 is 0 Å². The minimum atomic E-state index is 0.0389. The third-order valence-electron chi connectivity index (χ3n) is 4.41. The predicted octanol–water partition coefficient (Wildman–Crippen LogP) is 4.72. The van der Waals surface area contributed by atoms with Crippen LogP contribution in [0.5, 0.6) is 0 Å². The van der Waals surface area contributed by atoms with E-state index in [1.54, 1.807) is 0 Å². The van der Waals surface area contributed by atoms with Gasteiger partial charge in [0.1, 0.15) is 0 Å². The molecule has 0 spiro atoms. The molecule has 0 fully saturated rings. The van der Waals surface area contributed by atoms with Crippen LogP contribution in [0.15, 0.2) is 72.8 Å². The van der Waals surface area contributed by atoms with Crippen molar-refractivity contribution in [1.29, 1.82) is 0 Å². The summed E-state index contributed by atoms with van der Waals surface area (Å²) >= 11 is 0. The zero-order valence-electron chi connectivity index (χ0n) is 15.7. The van der Waals surface area contributed by atoms with Crippen LogP contribution in [-0.2, 0) is 0 Å². The van der Waals surface area contributed by atoms with Gasteiger partial charge in [0.2, 0.25) is 0 Å². The van der Waals surface area contributed by atoms with Gasteiger partial charge in [0.15, 0.2) is 5.78 Å². The minimum Gasteiger partial charge on any atom is -0.375 e. The first-order chi connectivity index (χ1) is 12.5. The van der Waals surface area contributed by atoms with Crippen molar-refractivity contribution < 1.29 is 4.79 Å². The van der Waals surface area contributed by atoms with E-state index in [9.17, 15) is 4.79 Å². The Hall–Kier alpha value is -3.07. The SMILES string of the molecule is CN(C)c1c(C(=O)c2ccccc2)ccc(-c2ccccc2)c1N(C)C. The van der Waals surface area contributed by atoms with E-state index in [-0.39, 0.29) is 5.78 Å². The number of ketones is 1. The number of nitrogens with zero attached hydrogens (tertiary/aromatic N) is 2. The Morgan fingerprint density at radius 2 is 1.19 bits per heavy atom. The maximum absolute atomic E-state index is 13.1. The van der Waals surface area contributed by atoms with Gasteiger partial charge in [-0.15, -0.1) is 0 Å². The molecule has 0 aliphatic heterocycles. The van der Waals surface area contributed by atoms with Gasteiger partial charge in [-0.3, -0.25) is 4.79 Å². The zero-order chi connectivity index (χ0) is 18.7. The zero-order valence-corrected chi connectivity index (χ0v) is 15.7. The van der Waals surface area contributed by atoms with Crippen molar-refractivity contribution in [3.05, 3.63) is 83.9 Å². The van der Waals surface area contributed by atoms with Gasteiger partial charge in [0.05, 0.1) is 11.4 Å². The first kappa shape index (κ1) is 17.7. The number of anilines is 2. The lowest BCUT2D eigenvalue weighted by atomic mass is 9.94. The van der Waals surface area contributed by atoms with Crippen LogP contribution in [0.1, 0.15) is 15.9 Å². The van der Waals surface area contributed by atoms with Crippen molar-refractivity contribution in [2.75, 3.05) is 38.0 Å². The van der Waals surface area contributed by atoms with Gasteiger partial charge < -0.3 is 9.80 Å². The monoisotopic (exact) mass is 344 g/mol. The molecule has 132 valence electrons.